The minimum absolute atomic E-state index is 0.795. The fourth-order valence-corrected chi connectivity index (χ4v) is 12.2. The molecule has 0 saturated carbocycles. The van der Waals surface area contributed by atoms with Crippen molar-refractivity contribution in [2.45, 2.75) is 13.3 Å². The Bertz CT molecular complexity index is 3330. The molecule has 0 N–H and O–H groups in total. The third-order valence-electron chi connectivity index (χ3n) is 11.8. The van der Waals surface area contributed by atoms with Crippen LogP contribution in [0.2, 0.25) is 0 Å². The Kier molecular flexibility index (Phi) is 8.35. The number of imidazole rings is 1. The fourth-order valence-electron chi connectivity index (χ4n) is 9.18. The minimum atomic E-state index is -3.33. The highest BCUT2D eigenvalue weighted by molar-refractivity contribution is 7.86. The summed E-state index contributed by atoms with van der Waals surface area (Å²) in [5.41, 5.74) is 8.20. The molecule has 0 bridgehead atoms. The quantitative estimate of drug-likeness (QED) is 0.0920. The maximum atomic E-state index is 16.1. The minimum Gasteiger partial charge on any atom is -0.309 e. The molecule has 0 fully saturated rings. The summed E-state index contributed by atoms with van der Waals surface area (Å²) in [5.74, 6) is 1.01. The standard InChI is InChI=1S/C54H38N3OP/c1-2-49-56-53-48(57(49)38-18-6-3-7-19-38)35-34-44-41-24-16-17-29-47(41)55-52(51(44)53)37-32-30-36(31-33-37)50-42-25-12-14-27-45(42)54(46-28-15-13-26-43(46)50)59(58,39-20-8-4-9-21-39)40-22-10-5-11-23-40/h3-35H,2H2,1H3. The fraction of sp³-hybridized carbons (Fsp3) is 0.0370. The second-order valence-corrected chi connectivity index (χ2v) is 17.8. The van der Waals surface area contributed by atoms with Crippen LogP contribution in [0, 0.1) is 0 Å². The molecule has 59 heavy (non-hydrogen) atoms. The molecule has 0 spiro atoms. The summed E-state index contributed by atoms with van der Waals surface area (Å²) in [5, 5.41) is 9.93. The molecule has 5 heteroatoms. The van der Waals surface area contributed by atoms with Crippen molar-refractivity contribution in [1.29, 1.82) is 0 Å². The molecule has 2 heterocycles. The summed E-state index contributed by atoms with van der Waals surface area (Å²) < 4.78 is 18.4. The predicted molar refractivity (Wildman–Crippen MR) is 249 cm³/mol. The van der Waals surface area contributed by atoms with Crippen molar-refractivity contribution in [1.82, 2.24) is 14.5 Å². The average Bonchev–Trinajstić information content (AvgIpc) is 3.70. The van der Waals surface area contributed by atoms with Crippen LogP contribution >= 0.6 is 7.14 Å². The highest BCUT2D eigenvalue weighted by atomic mass is 31.2. The molecule has 0 atom stereocenters. The van der Waals surface area contributed by atoms with Crippen molar-refractivity contribution >= 4 is 77.3 Å². The number of benzene rings is 9. The SMILES string of the molecule is CCc1nc2c3c(-c4ccc(-c5c6ccccc6c(P(=O)(c6ccccc6)c6ccccc6)c6ccccc56)cc4)nc4ccccc4c3ccc2n1-c1ccccc1. The van der Waals surface area contributed by atoms with Gasteiger partial charge in [0.2, 0.25) is 0 Å². The number of para-hydroxylation sites is 2. The second-order valence-electron chi connectivity index (χ2n) is 15.1. The van der Waals surface area contributed by atoms with Crippen LogP contribution < -0.4 is 15.9 Å². The Balaban J connectivity index is 1.15. The van der Waals surface area contributed by atoms with E-state index < -0.39 is 7.14 Å². The Morgan fingerprint density at radius 2 is 0.983 bits per heavy atom. The van der Waals surface area contributed by atoms with E-state index >= 15 is 4.57 Å². The highest BCUT2D eigenvalue weighted by Gasteiger charge is 2.34. The first-order valence-corrected chi connectivity index (χ1v) is 21.9. The second kappa shape index (κ2) is 14.1. The van der Waals surface area contributed by atoms with Gasteiger partial charge in [-0.15, -0.1) is 0 Å². The molecule has 9 aromatic carbocycles. The van der Waals surface area contributed by atoms with E-state index in [1.807, 2.05) is 60.7 Å². The summed E-state index contributed by atoms with van der Waals surface area (Å²) in [6.07, 6.45) is 0.795. The molecule has 0 unspecified atom stereocenters. The van der Waals surface area contributed by atoms with Gasteiger partial charge >= 0.3 is 0 Å². The van der Waals surface area contributed by atoms with Gasteiger partial charge in [-0.3, -0.25) is 4.57 Å². The third kappa shape index (κ3) is 5.48. The lowest BCUT2D eigenvalue weighted by molar-refractivity contribution is 0.593. The first-order chi connectivity index (χ1) is 29.1. The van der Waals surface area contributed by atoms with E-state index in [9.17, 15) is 0 Å². The smallest absolute Gasteiger partial charge is 0.172 e. The van der Waals surface area contributed by atoms with Gasteiger partial charge < -0.3 is 4.57 Å². The van der Waals surface area contributed by atoms with Gasteiger partial charge in [-0.1, -0.05) is 183 Å². The highest BCUT2D eigenvalue weighted by Crippen LogP contribution is 2.49. The Morgan fingerprint density at radius 3 is 1.58 bits per heavy atom. The lowest BCUT2D eigenvalue weighted by atomic mass is 9.91. The van der Waals surface area contributed by atoms with Gasteiger partial charge in [0, 0.05) is 44.4 Å². The largest absolute Gasteiger partial charge is 0.309 e. The molecule has 11 aromatic rings. The number of hydrogen-bond donors (Lipinski definition) is 0. The molecule has 2 aromatic heterocycles. The van der Waals surface area contributed by atoms with Gasteiger partial charge in [-0.05, 0) is 62.3 Å². The van der Waals surface area contributed by atoms with Crippen LogP contribution in [0.3, 0.4) is 0 Å². The van der Waals surface area contributed by atoms with Gasteiger partial charge in [0.15, 0.2) is 7.14 Å². The van der Waals surface area contributed by atoms with E-state index in [0.717, 1.165) is 110 Å². The van der Waals surface area contributed by atoms with Crippen molar-refractivity contribution in [3.05, 3.63) is 206 Å². The molecule has 280 valence electrons. The van der Waals surface area contributed by atoms with Crippen LogP contribution in [0.4, 0.5) is 0 Å². The van der Waals surface area contributed by atoms with Crippen LogP contribution in [0.5, 0.6) is 0 Å². The zero-order valence-corrected chi connectivity index (χ0v) is 33.4. The number of nitrogens with zero attached hydrogens (tertiary/aromatic N) is 3. The Morgan fingerprint density at radius 1 is 0.475 bits per heavy atom. The van der Waals surface area contributed by atoms with E-state index in [1.165, 1.54) is 0 Å². The van der Waals surface area contributed by atoms with Crippen LogP contribution in [-0.4, -0.2) is 14.5 Å². The van der Waals surface area contributed by atoms with E-state index in [4.69, 9.17) is 9.97 Å². The molecule has 0 aliphatic heterocycles. The number of hydrogen-bond acceptors (Lipinski definition) is 3. The lowest BCUT2D eigenvalue weighted by Crippen LogP contribution is -2.26. The summed E-state index contributed by atoms with van der Waals surface area (Å²) in [6, 6.07) is 69.1. The molecule has 0 radical (unpaired) electrons. The van der Waals surface area contributed by atoms with Gasteiger partial charge in [-0.2, -0.15) is 0 Å². The van der Waals surface area contributed by atoms with Crippen LogP contribution in [0.25, 0.3) is 82.3 Å². The Hall–Kier alpha value is -7.13. The van der Waals surface area contributed by atoms with E-state index in [0.29, 0.717) is 0 Å². The van der Waals surface area contributed by atoms with Gasteiger partial charge in [0.25, 0.3) is 0 Å². The monoisotopic (exact) mass is 775 g/mol. The van der Waals surface area contributed by atoms with E-state index in [1.54, 1.807) is 0 Å². The number of fused-ring (bicyclic) bond motifs is 7. The van der Waals surface area contributed by atoms with Crippen molar-refractivity contribution in [3.63, 3.8) is 0 Å². The summed E-state index contributed by atoms with van der Waals surface area (Å²) in [7, 11) is -3.33. The number of aryl methyl sites for hydroxylation is 1. The molecule has 0 aliphatic rings. The molecule has 11 rings (SSSR count). The average molecular weight is 776 g/mol. The summed E-state index contributed by atoms with van der Waals surface area (Å²) >= 11 is 0. The van der Waals surface area contributed by atoms with Crippen LogP contribution in [-0.2, 0) is 11.0 Å². The van der Waals surface area contributed by atoms with Gasteiger partial charge in [0.1, 0.15) is 5.82 Å². The molecule has 4 nitrogen and oxygen atoms in total. The first-order valence-electron chi connectivity index (χ1n) is 20.2. The summed E-state index contributed by atoms with van der Waals surface area (Å²) in [4.78, 5) is 10.7. The molecule has 0 saturated heterocycles. The van der Waals surface area contributed by atoms with Crippen molar-refractivity contribution in [2.24, 2.45) is 0 Å². The molecule has 0 amide bonds. The van der Waals surface area contributed by atoms with Gasteiger partial charge in [0.05, 0.1) is 22.2 Å². The lowest BCUT2D eigenvalue weighted by Gasteiger charge is -2.25. The normalized spacial score (nSPS) is 11.9. The third-order valence-corrected chi connectivity index (χ3v) is 15.0. The zero-order valence-electron chi connectivity index (χ0n) is 32.5. The molecular formula is C54H38N3OP. The van der Waals surface area contributed by atoms with E-state index in [2.05, 4.69) is 151 Å². The molecular weight excluding hydrogens is 738 g/mol. The number of pyridine rings is 1. The van der Waals surface area contributed by atoms with Crippen LogP contribution in [0.15, 0.2) is 200 Å². The van der Waals surface area contributed by atoms with Crippen molar-refractivity contribution in [3.8, 4) is 28.1 Å². The van der Waals surface area contributed by atoms with E-state index in [-0.39, 0.29) is 0 Å². The topological polar surface area (TPSA) is 47.8 Å². The zero-order chi connectivity index (χ0) is 39.5. The molecule has 0 aliphatic carbocycles. The van der Waals surface area contributed by atoms with Crippen molar-refractivity contribution < 1.29 is 4.57 Å². The predicted octanol–water partition coefficient (Wildman–Crippen LogP) is 12.6. The van der Waals surface area contributed by atoms with Crippen molar-refractivity contribution in [2.75, 3.05) is 0 Å². The first kappa shape index (κ1) is 35.1. The maximum absolute atomic E-state index is 16.1. The van der Waals surface area contributed by atoms with Crippen LogP contribution in [0.1, 0.15) is 12.7 Å². The summed E-state index contributed by atoms with van der Waals surface area (Å²) in [6.45, 7) is 2.16. The number of rotatable bonds is 7. The van der Waals surface area contributed by atoms with Gasteiger partial charge in [-0.25, -0.2) is 9.97 Å². The number of aromatic nitrogens is 3. The maximum Gasteiger partial charge on any atom is 0.172 e. The Labute approximate surface area is 342 Å².